The number of amides is 9. The zero-order valence-corrected chi connectivity index (χ0v) is 50.6. The van der Waals surface area contributed by atoms with E-state index >= 15 is 0 Å². The van der Waals surface area contributed by atoms with Gasteiger partial charge in [-0.15, -0.1) is 0 Å². The SMILES string of the molecule is COC(=O)C(C)(Br)CC(C)(C)C(=O)OCCOCC(=O)C[C@H]1SSCC(C(N)=O)NC(=O)[C@H](CC(=O)O)NC(=O)C2CCCN2C(=O)CNC(=O)[C@H](CCCN=C(N)N)NC(=O)[C@H](CC(=O)O)NC(=O)CN[C@H](CCCNC(N)N)C(=O)NC1=O. The number of rotatable bonds is 25. The topological polar surface area (TPSA) is 549 Å². The maximum atomic E-state index is 14.1. The first-order valence-electron chi connectivity index (χ1n) is 26.5. The summed E-state index contributed by atoms with van der Waals surface area (Å²) in [5, 5.41) is 37.0. The standard InChI is InChI=1S/C48H78BrN15O19S2/c1-47(2,23-48(3,49)44(80)81-4)43(79)83-15-14-82-21-24(65)16-31-42(78)63-38(74)25(8-5-11-55-45(51)52)57-19-32(66)59-27(17-34(68)69)39(75)60-26(9-6-12-56-46(53)54)37(73)58-20-33(67)64-13-7-10-30(64)41(77)61-28(18-35(70)71)40(76)62-29(36(50)72)22-84-85-31/h25-31,45,55,57H,5-23,51-52H2,1-4H3,(H2,50,72)(H,58,73)(H,59,66)(H,60,75)(H,61,77)(H,62,76)(H,68,69)(H,70,71)(H4,53,54,56)(H,63,74,78)/t25-,26+,27+,28+,29?,30?,31-,48?/m1/s1. The third-order valence-electron chi connectivity index (χ3n) is 12.5. The van der Waals surface area contributed by atoms with E-state index in [2.05, 4.69) is 63.5 Å². The lowest BCUT2D eigenvalue weighted by atomic mass is 9.83. The number of methoxy groups -OCH3 is 1. The van der Waals surface area contributed by atoms with Gasteiger partial charge < -0.3 is 84.6 Å². The molecule has 2 fully saturated rings. The van der Waals surface area contributed by atoms with Gasteiger partial charge in [-0.1, -0.05) is 37.5 Å². The zero-order valence-electron chi connectivity index (χ0n) is 47.4. The third-order valence-corrected chi connectivity index (χ3v) is 15.8. The molecule has 478 valence electrons. The van der Waals surface area contributed by atoms with Crippen molar-refractivity contribution in [1.82, 2.24) is 47.4 Å². The molecule has 0 aromatic rings. The summed E-state index contributed by atoms with van der Waals surface area (Å²) in [6.45, 7) is 1.70. The number of ether oxygens (including phenoxy) is 3. The van der Waals surface area contributed by atoms with Gasteiger partial charge in [-0.05, 0) is 72.3 Å². The van der Waals surface area contributed by atoms with E-state index in [0.717, 1.165) is 4.90 Å². The van der Waals surface area contributed by atoms with Gasteiger partial charge in [-0.25, -0.2) is 0 Å². The second kappa shape index (κ2) is 36.9. The first-order chi connectivity index (χ1) is 39.8. The Bertz CT molecular complexity index is 2460. The van der Waals surface area contributed by atoms with Crippen LogP contribution in [0.3, 0.4) is 0 Å². The number of nitrogens with zero attached hydrogens (tertiary/aromatic N) is 2. The Kier molecular flexibility index (Phi) is 32.3. The molecule has 0 bridgehead atoms. The molecule has 0 aliphatic carbocycles. The van der Waals surface area contributed by atoms with Gasteiger partial charge in [0.2, 0.25) is 53.2 Å². The summed E-state index contributed by atoms with van der Waals surface area (Å²) in [6, 6.07) is -9.63. The van der Waals surface area contributed by atoms with E-state index in [1.165, 1.54) is 27.9 Å². The molecule has 37 heteroatoms. The fourth-order valence-electron chi connectivity index (χ4n) is 8.31. The Morgan fingerprint density at radius 3 is 2.01 bits per heavy atom. The number of carboxylic acid groups (broad SMARTS) is 2. The number of alkyl halides is 1. The van der Waals surface area contributed by atoms with Crippen molar-refractivity contribution in [3.05, 3.63) is 0 Å². The number of aliphatic carboxylic acids is 2. The van der Waals surface area contributed by atoms with Crippen LogP contribution in [-0.4, -0.2) is 221 Å². The van der Waals surface area contributed by atoms with Crippen molar-refractivity contribution in [2.45, 2.75) is 137 Å². The highest BCUT2D eigenvalue weighted by Crippen LogP contribution is 2.36. The van der Waals surface area contributed by atoms with Gasteiger partial charge in [-0.2, -0.15) is 0 Å². The van der Waals surface area contributed by atoms with Crippen molar-refractivity contribution in [2.75, 3.05) is 65.4 Å². The number of guanidine groups is 1. The number of Topliss-reactive ketones (excluding diaryl/α,β-unsaturated/α-hetero) is 1. The molecule has 2 saturated heterocycles. The van der Waals surface area contributed by atoms with Gasteiger partial charge in [0.1, 0.15) is 59.3 Å². The monoisotopic (exact) mass is 1310 g/mol. The van der Waals surface area contributed by atoms with E-state index in [4.69, 9.17) is 42.9 Å². The van der Waals surface area contributed by atoms with E-state index in [9.17, 15) is 77.3 Å². The number of hydrogen-bond donors (Lipinski definition) is 15. The van der Waals surface area contributed by atoms with Gasteiger partial charge in [0.25, 0.3) is 0 Å². The number of ketones is 1. The zero-order chi connectivity index (χ0) is 64.2. The molecule has 2 heterocycles. The molecule has 8 atom stereocenters. The van der Waals surface area contributed by atoms with Gasteiger partial charge in [0.05, 0.1) is 51.1 Å². The molecule has 0 aromatic carbocycles. The van der Waals surface area contributed by atoms with Crippen molar-refractivity contribution in [2.24, 2.45) is 39.1 Å². The molecule has 85 heavy (non-hydrogen) atoms. The predicted octanol–water partition coefficient (Wildman–Crippen LogP) is -6.28. The van der Waals surface area contributed by atoms with Crippen LogP contribution in [0.15, 0.2) is 4.99 Å². The fourth-order valence-corrected chi connectivity index (χ4v) is 11.8. The van der Waals surface area contributed by atoms with Gasteiger partial charge in [-0.3, -0.25) is 88.1 Å². The van der Waals surface area contributed by atoms with Gasteiger partial charge >= 0.3 is 23.9 Å². The summed E-state index contributed by atoms with van der Waals surface area (Å²) >= 11 is 3.27. The van der Waals surface area contributed by atoms with Crippen LogP contribution in [0, 0.1) is 5.41 Å². The number of hydrogen-bond acceptors (Lipinski definition) is 24. The molecule has 0 saturated carbocycles. The Labute approximate surface area is 504 Å². The predicted molar refractivity (Wildman–Crippen MR) is 306 cm³/mol. The molecule has 0 spiro atoms. The molecule has 0 aromatic heterocycles. The summed E-state index contributed by atoms with van der Waals surface area (Å²) in [5.41, 5.74) is 26.4. The minimum absolute atomic E-state index is 0.0175. The molecular formula is C48H78BrN15O19S2. The first-order valence-corrected chi connectivity index (χ1v) is 29.7. The number of imide groups is 1. The number of aliphatic imine (C=N–C) groups is 1. The minimum atomic E-state index is -1.87. The summed E-state index contributed by atoms with van der Waals surface area (Å²) in [7, 11) is 2.51. The molecule has 20 N–H and O–H groups in total. The molecule has 34 nitrogen and oxygen atoms in total. The Morgan fingerprint density at radius 2 is 1.40 bits per heavy atom. The van der Waals surface area contributed by atoms with Crippen LogP contribution in [0.25, 0.3) is 0 Å². The highest BCUT2D eigenvalue weighted by atomic mass is 79.9. The Balaban J connectivity index is 2.58. The summed E-state index contributed by atoms with van der Waals surface area (Å²) in [6.07, 6.45) is -3.69. The second-order valence-corrected chi connectivity index (χ2v) is 24.6. The highest BCUT2D eigenvalue weighted by molar-refractivity contribution is 9.10. The van der Waals surface area contributed by atoms with Crippen molar-refractivity contribution in [3.63, 3.8) is 0 Å². The lowest BCUT2D eigenvalue weighted by Crippen LogP contribution is -2.58. The number of halogens is 1. The number of carbonyl (C=O) groups is 14. The van der Waals surface area contributed by atoms with E-state index in [1.54, 1.807) is 0 Å². The number of esters is 2. The number of fused-ring (bicyclic) bond motifs is 1. The van der Waals surface area contributed by atoms with Crippen LogP contribution in [0.4, 0.5) is 0 Å². The number of carboxylic acids is 2. The van der Waals surface area contributed by atoms with E-state index < -0.39 is 185 Å². The van der Waals surface area contributed by atoms with Crippen molar-refractivity contribution in [1.29, 1.82) is 0 Å². The van der Waals surface area contributed by atoms with E-state index in [0.29, 0.717) is 21.6 Å². The molecular weight excluding hydrogens is 1230 g/mol. The summed E-state index contributed by atoms with van der Waals surface area (Å²) < 4.78 is 14.3. The second-order valence-electron chi connectivity index (χ2n) is 20.3. The molecule has 2 aliphatic heterocycles. The van der Waals surface area contributed by atoms with E-state index in [-0.39, 0.29) is 83.8 Å². The molecule has 0 radical (unpaired) electrons. The average Bonchev–Trinajstić information content (AvgIpc) is 4.20. The van der Waals surface area contributed by atoms with Crippen LogP contribution in [-0.2, 0) is 81.3 Å². The third kappa shape index (κ3) is 27.9. The fraction of sp³-hybridized carbons (Fsp3) is 0.688. The number of nitrogens with one attached hydrogen (secondary N) is 8. The normalized spacial score (nSPS) is 23.0. The molecule has 2 aliphatic rings. The largest absolute Gasteiger partial charge is 0.481 e. The van der Waals surface area contributed by atoms with Crippen LogP contribution in [0.2, 0.25) is 0 Å². The Hall–Kier alpha value is -6.77. The molecule has 9 amide bonds. The number of primary amides is 1. The van der Waals surface area contributed by atoms with Crippen molar-refractivity contribution < 1.29 is 91.5 Å². The van der Waals surface area contributed by atoms with Gasteiger partial charge in [0.15, 0.2) is 11.7 Å². The first kappa shape index (κ1) is 74.3. The average molecular weight is 1310 g/mol. The van der Waals surface area contributed by atoms with E-state index in [1.807, 2.05) is 0 Å². The maximum absolute atomic E-state index is 14.1. The van der Waals surface area contributed by atoms with Crippen LogP contribution >= 0.6 is 37.5 Å². The van der Waals surface area contributed by atoms with Gasteiger partial charge in [0, 0.05) is 25.3 Å². The number of carbonyl (C=O) groups excluding carboxylic acids is 12. The van der Waals surface area contributed by atoms with Crippen molar-refractivity contribution in [3.8, 4) is 0 Å². The summed E-state index contributed by atoms with van der Waals surface area (Å²) in [4.78, 5) is 190. The highest BCUT2D eigenvalue weighted by Gasteiger charge is 2.43. The maximum Gasteiger partial charge on any atom is 0.322 e. The smallest absolute Gasteiger partial charge is 0.322 e. The van der Waals surface area contributed by atoms with Crippen LogP contribution < -0.4 is 71.2 Å². The molecule has 3 unspecified atom stereocenters. The quantitative estimate of drug-likeness (QED) is 0.00591. The Morgan fingerprint density at radius 1 is 0.776 bits per heavy atom. The van der Waals surface area contributed by atoms with Crippen LogP contribution in [0.5, 0.6) is 0 Å². The molecule has 2 rings (SSSR count). The number of nitrogens with two attached hydrogens (primary N) is 5. The summed E-state index contributed by atoms with van der Waals surface area (Å²) in [5.74, 6) is -15.6. The lowest BCUT2D eigenvalue weighted by molar-refractivity contribution is -0.157. The van der Waals surface area contributed by atoms with Crippen LogP contribution in [0.1, 0.15) is 85.0 Å². The van der Waals surface area contributed by atoms with Crippen molar-refractivity contribution >= 4 is 126 Å². The lowest BCUT2D eigenvalue weighted by Gasteiger charge is -2.29. The minimum Gasteiger partial charge on any atom is -0.481 e.